The highest BCUT2D eigenvalue weighted by Gasteiger charge is 2.03. The quantitative estimate of drug-likeness (QED) is 0.811. The summed E-state index contributed by atoms with van der Waals surface area (Å²) in [6, 6.07) is 18.7. The highest BCUT2D eigenvalue weighted by Crippen LogP contribution is 2.18. The molecule has 2 aromatic rings. The lowest BCUT2D eigenvalue weighted by molar-refractivity contribution is 0.302. The van der Waals surface area contributed by atoms with Gasteiger partial charge in [0, 0.05) is 31.0 Å². The third kappa shape index (κ3) is 4.00. The van der Waals surface area contributed by atoms with Crippen LogP contribution in [0.2, 0.25) is 0 Å². The first-order chi connectivity index (χ1) is 9.83. The number of nitrogens with one attached hydrogen (secondary N) is 1. The van der Waals surface area contributed by atoms with E-state index in [9.17, 15) is 0 Å². The third-order valence-electron chi connectivity index (χ3n) is 3.32. The Morgan fingerprint density at radius 1 is 1.00 bits per heavy atom. The number of benzene rings is 2. The van der Waals surface area contributed by atoms with Crippen molar-refractivity contribution >= 4 is 11.4 Å². The SMILES string of the molecule is CCN(CCO)c1ccc(NCc2ccccc2)cc1. The van der Waals surface area contributed by atoms with Gasteiger partial charge >= 0.3 is 0 Å². The molecule has 106 valence electrons. The van der Waals surface area contributed by atoms with Gasteiger partial charge in [0.1, 0.15) is 0 Å². The Morgan fingerprint density at radius 2 is 1.70 bits per heavy atom. The van der Waals surface area contributed by atoms with Crippen LogP contribution in [0.15, 0.2) is 54.6 Å². The van der Waals surface area contributed by atoms with E-state index in [1.165, 1.54) is 5.56 Å². The molecule has 0 aliphatic carbocycles. The highest BCUT2D eigenvalue weighted by molar-refractivity contribution is 5.55. The molecule has 2 N–H and O–H groups in total. The normalized spacial score (nSPS) is 10.3. The molecule has 0 atom stereocenters. The maximum atomic E-state index is 9.04. The number of anilines is 2. The predicted octanol–water partition coefficient (Wildman–Crippen LogP) is 3.12. The molecule has 2 rings (SSSR count). The lowest BCUT2D eigenvalue weighted by Crippen LogP contribution is -2.25. The number of rotatable bonds is 7. The third-order valence-corrected chi connectivity index (χ3v) is 3.32. The average Bonchev–Trinajstić information content (AvgIpc) is 2.52. The van der Waals surface area contributed by atoms with E-state index in [0.717, 1.165) is 24.5 Å². The highest BCUT2D eigenvalue weighted by atomic mass is 16.3. The second-order valence-corrected chi connectivity index (χ2v) is 4.69. The van der Waals surface area contributed by atoms with Gasteiger partial charge in [-0.05, 0) is 36.8 Å². The summed E-state index contributed by atoms with van der Waals surface area (Å²) in [4.78, 5) is 2.15. The summed E-state index contributed by atoms with van der Waals surface area (Å²) in [5, 5.41) is 12.4. The molecule has 3 nitrogen and oxygen atoms in total. The number of likely N-dealkylation sites (N-methyl/N-ethyl adjacent to an activating group) is 1. The zero-order valence-electron chi connectivity index (χ0n) is 11.9. The van der Waals surface area contributed by atoms with E-state index in [1.54, 1.807) is 0 Å². The minimum absolute atomic E-state index is 0.182. The molecule has 0 spiro atoms. The molecule has 2 aromatic carbocycles. The zero-order valence-corrected chi connectivity index (χ0v) is 11.9. The molecule has 0 aliphatic heterocycles. The topological polar surface area (TPSA) is 35.5 Å². The van der Waals surface area contributed by atoms with Crippen LogP contribution in [0.5, 0.6) is 0 Å². The van der Waals surface area contributed by atoms with Crippen molar-refractivity contribution in [3.05, 3.63) is 60.2 Å². The van der Waals surface area contributed by atoms with Gasteiger partial charge in [-0.1, -0.05) is 30.3 Å². The summed E-state index contributed by atoms with van der Waals surface area (Å²) in [5.41, 5.74) is 3.52. The fourth-order valence-corrected chi connectivity index (χ4v) is 2.18. The van der Waals surface area contributed by atoms with E-state index in [0.29, 0.717) is 6.54 Å². The Labute approximate surface area is 120 Å². The Morgan fingerprint density at radius 3 is 2.30 bits per heavy atom. The molecule has 0 saturated carbocycles. The Balaban J connectivity index is 1.94. The van der Waals surface area contributed by atoms with Gasteiger partial charge < -0.3 is 15.3 Å². The van der Waals surface area contributed by atoms with E-state index in [4.69, 9.17) is 5.11 Å². The smallest absolute Gasteiger partial charge is 0.0606 e. The molecular formula is C17H22N2O. The maximum absolute atomic E-state index is 9.04. The molecule has 0 aliphatic rings. The van der Waals surface area contributed by atoms with Crippen LogP contribution in [-0.2, 0) is 6.54 Å². The van der Waals surface area contributed by atoms with Crippen molar-refractivity contribution in [3.8, 4) is 0 Å². The molecule has 0 bridgehead atoms. The monoisotopic (exact) mass is 270 g/mol. The first kappa shape index (κ1) is 14.4. The lowest BCUT2D eigenvalue weighted by Gasteiger charge is -2.22. The fraction of sp³-hybridized carbons (Fsp3) is 0.294. The summed E-state index contributed by atoms with van der Waals surface area (Å²) >= 11 is 0. The van der Waals surface area contributed by atoms with Crippen LogP contribution in [0.1, 0.15) is 12.5 Å². The van der Waals surface area contributed by atoms with Crippen LogP contribution >= 0.6 is 0 Å². The second-order valence-electron chi connectivity index (χ2n) is 4.69. The van der Waals surface area contributed by atoms with Crippen molar-refractivity contribution in [2.24, 2.45) is 0 Å². The summed E-state index contributed by atoms with van der Waals surface area (Å²) < 4.78 is 0. The maximum Gasteiger partial charge on any atom is 0.0606 e. The molecule has 20 heavy (non-hydrogen) atoms. The van der Waals surface area contributed by atoms with Gasteiger partial charge in [-0.3, -0.25) is 0 Å². The number of aliphatic hydroxyl groups is 1. The molecule has 0 saturated heterocycles. The molecule has 0 radical (unpaired) electrons. The van der Waals surface area contributed by atoms with Crippen molar-refractivity contribution in [3.63, 3.8) is 0 Å². The summed E-state index contributed by atoms with van der Waals surface area (Å²) in [6.45, 7) is 4.68. The largest absolute Gasteiger partial charge is 0.395 e. The molecule has 0 unspecified atom stereocenters. The Hall–Kier alpha value is -2.00. The average molecular weight is 270 g/mol. The minimum Gasteiger partial charge on any atom is -0.395 e. The Bertz CT molecular complexity index is 496. The molecular weight excluding hydrogens is 248 g/mol. The first-order valence-electron chi connectivity index (χ1n) is 7.07. The van der Waals surface area contributed by atoms with Gasteiger partial charge in [-0.15, -0.1) is 0 Å². The predicted molar refractivity (Wildman–Crippen MR) is 85.2 cm³/mol. The number of nitrogens with zero attached hydrogens (tertiary/aromatic N) is 1. The minimum atomic E-state index is 0.182. The van der Waals surface area contributed by atoms with Crippen molar-refractivity contribution in [1.82, 2.24) is 0 Å². The standard InChI is InChI=1S/C17H22N2O/c1-2-19(12-13-20)17-10-8-16(9-11-17)18-14-15-6-4-3-5-7-15/h3-11,18,20H,2,12-14H2,1H3. The molecule has 3 heteroatoms. The summed E-state index contributed by atoms with van der Waals surface area (Å²) in [7, 11) is 0. The van der Waals surface area contributed by atoms with E-state index in [1.807, 2.05) is 18.2 Å². The summed E-state index contributed by atoms with van der Waals surface area (Å²) in [5.74, 6) is 0. The molecule has 0 aromatic heterocycles. The van der Waals surface area contributed by atoms with Crippen molar-refractivity contribution in [2.75, 3.05) is 29.9 Å². The van der Waals surface area contributed by atoms with Crippen molar-refractivity contribution in [2.45, 2.75) is 13.5 Å². The van der Waals surface area contributed by atoms with Crippen molar-refractivity contribution in [1.29, 1.82) is 0 Å². The van der Waals surface area contributed by atoms with Crippen LogP contribution < -0.4 is 10.2 Å². The summed E-state index contributed by atoms with van der Waals surface area (Å²) in [6.07, 6.45) is 0. The van der Waals surface area contributed by atoms with Gasteiger partial charge in [0.15, 0.2) is 0 Å². The Kier molecular flexibility index (Phi) is 5.44. The molecule has 0 amide bonds. The van der Waals surface area contributed by atoms with Crippen LogP contribution in [0, 0.1) is 0 Å². The number of aliphatic hydroxyl groups excluding tert-OH is 1. The van der Waals surface area contributed by atoms with Crippen LogP contribution in [0.4, 0.5) is 11.4 Å². The zero-order chi connectivity index (χ0) is 14.2. The van der Waals surface area contributed by atoms with Gasteiger partial charge in [-0.25, -0.2) is 0 Å². The molecule has 0 heterocycles. The second kappa shape index (κ2) is 7.56. The van der Waals surface area contributed by atoms with Crippen LogP contribution in [0.25, 0.3) is 0 Å². The van der Waals surface area contributed by atoms with Gasteiger partial charge in [-0.2, -0.15) is 0 Å². The van der Waals surface area contributed by atoms with E-state index in [-0.39, 0.29) is 6.61 Å². The number of hydrogen-bond acceptors (Lipinski definition) is 3. The van der Waals surface area contributed by atoms with Crippen molar-refractivity contribution < 1.29 is 5.11 Å². The van der Waals surface area contributed by atoms with Crippen LogP contribution in [-0.4, -0.2) is 24.8 Å². The van der Waals surface area contributed by atoms with Gasteiger partial charge in [0.2, 0.25) is 0 Å². The van der Waals surface area contributed by atoms with E-state index < -0.39 is 0 Å². The fourth-order valence-electron chi connectivity index (χ4n) is 2.18. The van der Waals surface area contributed by atoms with Crippen LogP contribution in [0.3, 0.4) is 0 Å². The van der Waals surface area contributed by atoms with E-state index in [2.05, 4.69) is 53.5 Å². The van der Waals surface area contributed by atoms with Gasteiger partial charge in [0.05, 0.1) is 6.61 Å². The van der Waals surface area contributed by atoms with Gasteiger partial charge in [0.25, 0.3) is 0 Å². The van der Waals surface area contributed by atoms with E-state index >= 15 is 0 Å². The number of hydrogen-bond donors (Lipinski definition) is 2. The lowest BCUT2D eigenvalue weighted by atomic mass is 10.2. The first-order valence-corrected chi connectivity index (χ1v) is 7.07. The molecule has 0 fully saturated rings.